The minimum absolute atomic E-state index is 0.0522. The Kier molecular flexibility index (Phi) is 6.05. The molecule has 0 radical (unpaired) electrons. The third kappa shape index (κ3) is 4.07. The molecule has 0 saturated heterocycles. The molecule has 5 heteroatoms. The summed E-state index contributed by atoms with van der Waals surface area (Å²) in [6.45, 7) is 4.86. The highest BCUT2D eigenvalue weighted by molar-refractivity contribution is 6.05. The van der Waals surface area contributed by atoms with Crippen LogP contribution in [0.4, 0.5) is 0 Å². The first-order valence-corrected chi connectivity index (χ1v) is 11.1. The minimum Gasteiger partial charge on any atom is -0.391 e. The van der Waals surface area contributed by atoms with Crippen LogP contribution in [0.15, 0.2) is 35.3 Å². The molecule has 2 atom stereocenters. The monoisotopic (exact) mass is 417 g/mol. The van der Waals surface area contributed by atoms with Crippen molar-refractivity contribution in [2.24, 2.45) is 4.99 Å². The lowest BCUT2D eigenvalue weighted by molar-refractivity contribution is 0.0479. The molecule has 0 bridgehead atoms. The normalized spacial score (nSPS) is 20.6. The molecular weight excluding hydrogens is 386 g/mol. The van der Waals surface area contributed by atoms with Crippen LogP contribution in [0.25, 0.3) is 0 Å². The van der Waals surface area contributed by atoms with Crippen LogP contribution in [0.2, 0.25) is 0 Å². The third-order valence-corrected chi connectivity index (χ3v) is 6.98. The van der Waals surface area contributed by atoms with E-state index in [2.05, 4.69) is 37.0 Å². The van der Waals surface area contributed by atoms with Crippen molar-refractivity contribution in [2.75, 3.05) is 7.05 Å². The van der Waals surface area contributed by atoms with Gasteiger partial charge in [-0.3, -0.25) is 4.79 Å². The molecule has 2 aliphatic rings. The number of carbonyl (C=O) groups is 1. The fourth-order valence-corrected chi connectivity index (χ4v) is 4.91. The molecule has 31 heavy (non-hydrogen) atoms. The average Bonchev–Trinajstić information content (AvgIpc) is 3.33. The second kappa shape index (κ2) is 8.75. The van der Waals surface area contributed by atoms with Crippen LogP contribution >= 0.6 is 0 Å². The van der Waals surface area contributed by atoms with Crippen molar-refractivity contribution in [3.63, 3.8) is 0 Å². The molecule has 0 spiro atoms. The molecule has 1 aliphatic carbocycles. The summed E-state index contributed by atoms with van der Waals surface area (Å²) in [5.74, 6) is 0.0617. The van der Waals surface area contributed by atoms with Crippen molar-refractivity contribution in [2.45, 2.75) is 64.6 Å². The maximum Gasteiger partial charge on any atom is 0.254 e. The number of amides is 1. The Balaban J connectivity index is 1.56. The van der Waals surface area contributed by atoms with E-state index in [0.29, 0.717) is 18.7 Å². The standard InChI is InChI=1S/C26H31N3O2/c1-16-17(2)22-15-29(24-5-4-6-25(24)30)26(31)21(22)14-20(16)13-18-7-9-19(10-8-18)23(27)11-12-28-3/h7-10,12,14,24-25,27,30H,4-6,11,13,15H2,1-3H3. The lowest BCUT2D eigenvalue weighted by Gasteiger charge is -2.26. The van der Waals surface area contributed by atoms with Gasteiger partial charge in [-0.15, -0.1) is 0 Å². The topological polar surface area (TPSA) is 76.8 Å². The Morgan fingerprint density at radius 1 is 1.23 bits per heavy atom. The van der Waals surface area contributed by atoms with Gasteiger partial charge in [-0.25, -0.2) is 0 Å². The van der Waals surface area contributed by atoms with E-state index < -0.39 is 6.10 Å². The minimum atomic E-state index is -0.403. The fraction of sp³-hybridized carbons (Fsp3) is 0.423. The van der Waals surface area contributed by atoms with Gasteiger partial charge < -0.3 is 20.4 Å². The second-order valence-electron chi connectivity index (χ2n) is 8.81. The van der Waals surface area contributed by atoms with Crippen LogP contribution in [0.5, 0.6) is 0 Å². The smallest absolute Gasteiger partial charge is 0.254 e. The van der Waals surface area contributed by atoms with E-state index in [-0.39, 0.29) is 11.9 Å². The van der Waals surface area contributed by atoms with Crippen molar-refractivity contribution >= 4 is 17.8 Å². The highest BCUT2D eigenvalue weighted by atomic mass is 16.3. The summed E-state index contributed by atoms with van der Waals surface area (Å²) in [5, 5.41) is 18.5. The molecule has 1 saturated carbocycles. The number of nitrogens with one attached hydrogen (secondary N) is 1. The van der Waals surface area contributed by atoms with Gasteiger partial charge in [0.25, 0.3) is 5.91 Å². The van der Waals surface area contributed by atoms with Gasteiger partial charge in [0.05, 0.1) is 12.1 Å². The number of nitrogens with zero attached hydrogens (tertiary/aromatic N) is 2. The van der Waals surface area contributed by atoms with E-state index >= 15 is 0 Å². The lowest BCUT2D eigenvalue weighted by atomic mass is 9.91. The molecular formula is C26H31N3O2. The van der Waals surface area contributed by atoms with Gasteiger partial charge in [-0.2, -0.15) is 0 Å². The number of fused-ring (bicyclic) bond motifs is 1. The van der Waals surface area contributed by atoms with E-state index in [1.54, 1.807) is 13.3 Å². The SMILES string of the molecule is CN=CCC(=N)c1ccc(Cc2cc3c(c(C)c2C)CN(C2CCCC2O)C3=O)cc1. The van der Waals surface area contributed by atoms with Gasteiger partial charge in [0.1, 0.15) is 0 Å². The number of carbonyl (C=O) groups excluding carboxylic acids is 1. The fourth-order valence-electron chi connectivity index (χ4n) is 4.91. The van der Waals surface area contributed by atoms with Crippen LogP contribution in [-0.4, -0.2) is 47.0 Å². The zero-order valence-electron chi connectivity index (χ0n) is 18.6. The van der Waals surface area contributed by atoms with E-state index in [9.17, 15) is 9.90 Å². The van der Waals surface area contributed by atoms with Gasteiger partial charge in [0, 0.05) is 37.5 Å². The Bertz CT molecular complexity index is 1040. The maximum absolute atomic E-state index is 13.2. The Labute approximate surface area is 184 Å². The van der Waals surface area contributed by atoms with Crippen molar-refractivity contribution in [3.8, 4) is 0 Å². The van der Waals surface area contributed by atoms with Crippen LogP contribution in [0.1, 0.15) is 69.4 Å². The highest BCUT2D eigenvalue weighted by Crippen LogP contribution is 2.35. The predicted molar refractivity (Wildman–Crippen MR) is 125 cm³/mol. The number of aliphatic hydroxyl groups excluding tert-OH is 1. The third-order valence-electron chi connectivity index (χ3n) is 6.98. The molecule has 162 valence electrons. The highest BCUT2D eigenvalue weighted by Gasteiger charge is 2.39. The van der Waals surface area contributed by atoms with E-state index in [4.69, 9.17) is 5.41 Å². The molecule has 1 amide bonds. The van der Waals surface area contributed by atoms with Crippen molar-refractivity contribution in [3.05, 3.63) is 69.3 Å². The summed E-state index contributed by atoms with van der Waals surface area (Å²) >= 11 is 0. The van der Waals surface area contributed by atoms with Crippen molar-refractivity contribution in [1.82, 2.24) is 4.90 Å². The molecule has 2 aromatic carbocycles. The van der Waals surface area contributed by atoms with Gasteiger partial charge in [-0.05, 0) is 79.0 Å². The lowest BCUT2D eigenvalue weighted by Crippen LogP contribution is -2.40. The van der Waals surface area contributed by atoms with Crippen LogP contribution in [-0.2, 0) is 13.0 Å². The summed E-state index contributed by atoms with van der Waals surface area (Å²) in [7, 11) is 1.72. The molecule has 0 aromatic heterocycles. The predicted octanol–water partition coefficient (Wildman–Crippen LogP) is 4.22. The number of hydrogen-bond donors (Lipinski definition) is 2. The Hall–Kier alpha value is -2.79. The van der Waals surface area contributed by atoms with Gasteiger partial charge in [0.2, 0.25) is 0 Å². The molecule has 5 nitrogen and oxygen atoms in total. The zero-order valence-corrected chi connectivity index (χ0v) is 18.6. The quantitative estimate of drug-likeness (QED) is 0.691. The summed E-state index contributed by atoms with van der Waals surface area (Å²) in [5.41, 5.74) is 8.13. The van der Waals surface area contributed by atoms with E-state index in [0.717, 1.165) is 47.9 Å². The van der Waals surface area contributed by atoms with Crippen molar-refractivity contribution in [1.29, 1.82) is 5.41 Å². The number of aliphatic imine (C=N–C) groups is 1. The molecule has 1 heterocycles. The molecule has 2 aromatic rings. The number of aliphatic hydroxyl groups is 1. The Morgan fingerprint density at radius 3 is 2.61 bits per heavy atom. The number of hydrogen-bond acceptors (Lipinski definition) is 4. The number of rotatable bonds is 6. The summed E-state index contributed by atoms with van der Waals surface area (Å²) in [6.07, 6.45) is 5.28. The second-order valence-corrected chi connectivity index (χ2v) is 8.81. The first kappa shape index (κ1) is 21.4. The first-order valence-electron chi connectivity index (χ1n) is 11.1. The van der Waals surface area contributed by atoms with Crippen LogP contribution in [0.3, 0.4) is 0 Å². The van der Waals surface area contributed by atoms with Gasteiger partial charge in [0.15, 0.2) is 0 Å². The van der Waals surface area contributed by atoms with E-state index in [1.807, 2.05) is 17.0 Å². The summed E-state index contributed by atoms with van der Waals surface area (Å²) in [6, 6.07) is 10.1. The van der Waals surface area contributed by atoms with E-state index in [1.165, 1.54) is 16.7 Å². The maximum atomic E-state index is 13.2. The van der Waals surface area contributed by atoms with Crippen LogP contribution < -0.4 is 0 Å². The summed E-state index contributed by atoms with van der Waals surface area (Å²) in [4.78, 5) is 19.0. The van der Waals surface area contributed by atoms with Crippen molar-refractivity contribution < 1.29 is 9.90 Å². The van der Waals surface area contributed by atoms with Crippen LogP contribution in [0, 0.1) is 19.3 Å². The summed E-state index contributed by atoms with van der Waals surface area (Å²) < 4.78 is 0. The van der Waals surface area contributed by atoms with Gasteiger partial charge in [-0.1, -0.05) is 24.3 Å². The molecule has 1 aliphatic heterocycles. The molecule has 4 rings (SSSR count). The largest absolute Gasteiger partial charge is 0.391 e. The zero-order chi connectivity index (χ0) is 22.1. The Morgan fingerprint density at radius 2 is 1.97 bits per heavy atom. The molecule has 2 unspecified atom stereocenters. The average molecular weight is 418 g/mol. The van der Waals surface area contributed by atoms with Gasteiger partial charge >= 0.3 is 0 Å². The molecule has 2 N–H and O–H groups in total. The first-order chi connectivity index (χ1) is 14.9. The number of benzene rings is 2. The molecule has 1 fully saturated rings.